The molecule has 0 saturated carbocycles. The molecule has 0 N–H and O–H groups in total. The Kier molecular flexibility index (Phi) is 4.91. The molecule has 1 fully saturated rings. The normalized spacial score (nSPS) is 27.0. The summed E-state index contributed by atoms with van der Waals surface area (Å²) in [6.07, 6.45) is -3.18. The van der Waals surface area contributed by atoms with Crippen molar-refractivity contribution in [3.8, 4) is 0 Å². The van der Waals surface area contributed by atoms with Gasteiger partial charge in [0.05, 0.1) is 5.56 Å². The number of halogens is 4. The fourth-order valence-corrected chi connectivity index (χ4v) is 3.67. The topological polar surface area (TPSA) is 3.24 Å². The Morgan fingerprint density at radius 1 is 1.24 bits per heavy atom. The first-order valence-electron chi connectivity index (χ1n) is 7.26. The number of piperidine rings is 1. The number of benzene rings is 1. The van der Waals surface area contributed by atoms with E-state index in [0.717, 1.165) is 13.0 Å². The van der Waals surface area contributed by atoms with Crippen LogP contribution in [0, 0.1) is 11.8 Å². The van der Waals surface area contributed by atoms with Gasteiger partial charge in [-0.15, -0.1) is 0 Å². The van der Waals surface area contributed by atoms with Gasteiger partial charge in [-0.3, -0.25) is 0 Å². The Balaban J connectivity index is 2.40. The van der Waals surface area contributed by atoms with Crippen LogP contribution in [-0.4, -0.2) is 12.6 Å². The summed E-state index contributed by atoms with van der Waals surface area (Å²) in [5.74, 6) is 0.986. The number of alkyl halides is 4. The van der Waals surface area contributed by atoms with Crippen molar-refractivity contribution in [1.82, 2.24) is 0 Å². The molecule has 1 aliphatic rings. The van der Waals surface area contributed by atoms with Crippen molar-refractivity contribution in [2.45, 2.75) is 44.7 Å². The van der Waals surface area contributed by atoms with Gasteiger partial charge < -0.3 is 4.90 Å². The SMILES string of the molecule is CC1CC(C)C(C)N(c2ccc(CBr)c(C(F)(F)F)c2)C1. The van der Waals surface area contributed by atoms with Gasteiger partial charge in [0.2, 0.25) is 0 Å². The Morgan fingerprint density at radius 3 is 2.48 bits per heavy atom. The molecule has 1 heterocycles. The van der Waals surface area contributed by atoms with E-state index in [1.54, 1.807) is 6.07 Å². The molecule has 1 aliphatic heterocycles. The molecule has 1 nitrogen and oxygen atoms in total. The third-order valence-electron chi connectivity index (χ3n) is 4.47. The second-order valence-corrected chi connectivity index (χ2v) is 6.74. The van der Waals surface area contributed by atoms with Gasteiger partial charge in [-0.1, -0.05) is 35.8 Å². The van der Waals surface area contributed by atoms with Crippen LogP contribution in [0.2, 0.25) is 0 Å². The molecule has 1 saturated heterocycles. The molecule has 2 rings (SSSR count). The standard InChI is InChI=1S/C16H21BrF3N/c1-10-6-11(2)12(3)21(9-10)14-5-4-13(8-17)15(7-14)16(18,19)20/h4-5,7,10-12H,6,8-9H2,1-3H3. The van der Waals surface area contributed by atoms with Crippen LogP contribution in [0.5, 0.6) is 0 Å². The van der Waals surface area contributed by atoms with Gasteiger partial charge in [-0.05, 0) is 42.9 Å². The van der Waals surface area contributed by atoms with Crippen LogP contribution in [0.1, 0.15) is 38.3 Å². The quantitative estimate of drug-likeness (QED) is 0.629. The number of hydrogen-bond acceptors (Lipinski definition) is 1. The molecular weight excluding hydrogens is 343 g/mol. The number of nitrogens with zero attached hydrogens (tertiary/aromatic N) is 1. The van der Waals surface area contributed by atoms with E-state index < -0.39 is 11.7 Å². The largest absolute Gasteiger partial charge is 0.416 e. The second-order valence-electron chi connectivity index (χ2n) is 6.18. The van der Waals surface area contributed by atoms with E-state index in [-0.39, 0.29) is 16.9 Å². The van der Waals surface area contributed by atoms with E-state index >= 15 is 0 Å². The van der Waals surface area contributed by atoms with Gasteiger partial charge in [-0.2, -0.15) is 13.2 Å². The minimum absolute atomic E-state index is 0.213. The van der Waals surface area contributed by atoms with Crippen LogP contribution < -0.4 is 4.90 Å². The molecule has 0 radical (unpaired) electrons. The lowest BCUT2D eigenvalue weighted by Gasteiger charge is -2.43. The van der Waals surface area contributed by atoms with Crippen molar-refractivity contribution in [2.75, 3.05) is 11.4 Å². The molecule has 5 heteroatoms. The summed E-state index contributed by atoms with van der Waals surface area (Å²) in [5, 5.41) is 0.213. The van der Waals surface area contributed by atoms with Crippen molar-refractivity contribution in [1.29, 1.82) is 0 Å². The Morgan fingerprint density at radius 2 is 1.90 bits per heavy atom. The summed E-state index contributed by atoms with van der Waals surface area (Å²) in [4.78, 5) is 2.12. The third-order valence-corrected chi connectivity index (χ3v) is 5.08. The molecule has 118 valence electrons. The van der Waals surface area contributed by atoms with Crippen LogP contribution in [0.15, 0.2) is 18.2 Å². The Labute approximate surface area is 132 Å². The van der Waals surface area contributed by atoms with E-state index in [0.29, 0.717) is 17.5 Å². The monoisotopic (exact) mass is 363 g/mol. The Bertz CT molecular complexity index is 501. The number of hydrogen-bond donors (Lipinski definition) is 0. The zero-order valence-corrected chi connectivity index (χ0v) is 14.1. The lowest BCUT2D eigenvalue weighted by Crippen LogP contribution is -2.45. The van der Waals surface area contributed by atoms with Gasteiger partial charge >= 0.3 is 6.18 Å². The molecule has 0 bridgehead atoms. The molecule has 3 unspecified atom stereocenters. The predicted molar refractivity (Wildman–Crippen MR) is 83.8 cm³/mol. The number of anilines is 1. The molecule has 0 spiro atoms. The smallest absolute Gasteiger partial charge is 0.368 e. The van der Waals surface area contributed by atoms with Crippen LogP contribution >= 0.6 is 15.9 Å². The number of rotatable bonds is 2. The summed E-state index contributed by atoms with van der Waals surface area (Å²) in [5.41, 5.74) is 0.435. The molecule has 0 aliphatic carbocycles. The highest BCUT2D eigenvalue weighted by molar-refractivity contribution is 9.08. The highest BCUT2D eigenvalue weighted by Crippen LogP contribution is 2.38. The predicted octanol–water partition coefficient (Wildman–Crippen LogP) is 5.47. The van der Waals surface area contributed by atoms with E-state index in [4.69, 9.17) is 0 Å². The molecule has 0 amide bonds. The van der Waals surface area contributed by atoms with Crippen molar-refractivity contribution in [2.24, 2.45) is 11.8 Å². The molecule has 21 heavy (non-hydrogen) atoms. The minimum Gasteiger partial charge on any atom is -0.368 e. The highest BCUT2D eigenvalue weighted by atomic mass is 79.9. The maximum atomic E-state index is 13.2. The Hall–Kier alpha value is -0.710. The first-order chi connectivity index (χ1) is 9.74. The average molecular weight is 364 g/mol. The zero-order valence-electron chi connectivity index (χ0n) is 12.5. The summed E-state index contributed by atoms with van der Waals surface area (Å²) in [7, 11) is 0. The summed E-state index contributed by atoms with van der Waals surface area (Å²) in [6, 6.07) is 4.96. The highest BCUT2D eigenvalue weighted by Gasteiger charge is 2.35. The van der Waals surface area contributed by atoms with Gasteiger partial charge in [0.15, 0.2) is 0 Å². The van der Waals surface area contributed by atoms with Crippen LogP contribution in [0.25, 0.3) is 0 Å². The molecular formula is C16H21BrF3N. The molecule has 1 aromatic carbocycles. The lowest BCUT2D eigenvalue weighted by molar-refractivity contribution is -0.138. The molecule has 1 aromatic rings. The van der Waals surface area contributed by atoms with E-state index in [2.05, 4.69) is 41.6 Å². The van der Waals surface area contributed by atoms with E-state index in [1.165, 1.54) is 6.07 Å². The van der Waals surface area contributed by atoms with Crippen molar-refractivity contribution < 1.29 is 13.2 Å². The molecule has 0 aromatic heterocycles. The minimum atomic E-state index is -4.31. The van der Waals surface area contributed by atoms with Gasteiger partial charge in [0.25, 0.3) is 0 Å². The fourth-order valence-electron chi connectivity index (χ4n) is 3.18. The maximum absolute atomic E-state index is 13.2. The molecule has 3 atom stereocenters. The van der Waals surface area contributed by atoms with Crippen LogP contribution in [0.4, 0.5) is 18.9 Å². The average Bonchev–Trinajstić information content (AvgIpc) is 2.41. The lowest BCUT2D eigenvalue weighted by atomic mass is 9.85. The summed E-state index contributed by atoms with van der Waals surface area (Å²) < 4.78 is 39.6. The van der Waals surface area contributed by atoms with Gasteiger partial charge in [0, 0.05) is 23.6 Å². The second kappa shape index (κ2) is 6.19. The van der Waals surface area contributed by atoms with Gasteiger partial charge in [-0.25, -0.2) is 0 Å². The summed E-state index contributed by atoms with van der Waals surface area (Å²) >= 11 is 3.14. The maximum Gasteiger partial charge on any atom is 0.416 e. The van der Waals surface area contributed by atoms with E-state index in [1.807, 2.05) is 6.07 Å². The van der Waals surface area contributed by atoms with Crippen molar-refractivity contribution >= 4 is 21.6 Å². The van der Waals surface area contributed by atoms with Crippen LogP contribution in [0.3, 0.4) is 0 Å². The van der Waals surface area contributed by atoms with E-state index in [9.17, 15) is 13.2 Å². The van der Waals surface area contributed by atoms with Gasteiger partial charge in [0.1, 0.15) is 0 Å². The fraction of sp³-hybridized carbons (Fsp3) is 0.625. The van der Waals surface area contributed by atoms with Crippen LogP contribution in [-0.2, 0) is 11.5 Å². The first kappa shape index (κ1) is 16.7. The summed E-state index contributed by atoms with van der Waals surface area (Å²) in [6.45, 7) is 7.25. The first-order valence-corrected chi connectivity index (χ1v) is 8.39. The van der Waals surface area contributed by atoms with Crippen molar-refractivity contribution in [3.63, 3.8) is 0 Å². The third kappa shape index (κ3) is 3.55. The van der Waals surface area contributed by atoms with Crippen molar-refractivity contribution in [3.05, 3.63) is 29.3 Å². The zero-order chi connectivity index (χ0) is 15.8.